The molecule has 0 spiro atoms. The van der Waals surface area contributed by atoms with Crippen molar-refractivity contribution in [3.8, 4) is 17.1 Å². The van der Waals surface area contributed by atoms with Gasteiger partial charge in [0.25, 0.3) is 0 Å². The van der Waals surface area contributed by atoms with Crippen LogP contribution in [0.1, 0.15) is 44.6 Å². The summed E-state index contributed by atoms with van der Waals surface area (Å²) in [5.41, 5.74) is 0.363. The highest BCUT2D eigenvalue weighted by molar-refractivity contribution is 5.78. The molecule has 2 aliphatic heterocycles. The van der Waals surface area contributed by atoms with Gasteiger partial charge in [-0.1, -0.05) is 25.0 Å². The number of benzene rings is 1. The molecule has 2 aromatic rings. The van der Waals surface area contributed by atoms with Gasteiger partial charge in [0.2, 0.25) is 5.91 Å². The largest absolute Gasteiger partial charge is 0.497 e. The molecule has 11 nitrogen and oxygen atoms in total. The van der Waals surface area contributed by atoms with Gasteiger partial charge in [-0.15, -0.1) is 5.10 Å². The van der Waals surface area contributed by atoms with E-state index in [1.54, 1.807) is 11.8 Å². The minimum atomic E-state index is -0.853. The highest BCUT2D eigenvalue weighted by Gasteiger charge is 2.50. The van der Waals surface area contributed by atoms with Crippen molar-refractivity contribution in [2.75, 3.05) is 20.3 Å². The molecule has 5 rings (SSSR count). The molecule has 2 saturated heterocycles. The second-order valence-corrected chi connectivity index (χ2v) is 9.47. The van der Waals surface area contributed by atoms with Crippen molar-refractivity contribution in [1.82, 2.24) is 25.5 Å². The van der Waals surface area contributed by atoms with Gasteiger partial charge in [-0.25, -0.2) is 4.68 Å². The topological polar surface area (TPSA) is 138 Å². The molecule has 3 heterocycles. The minimum absolute atomic E-state index is 0.0264. The fraction of sp³-hybridized carbons (Fsp3) is 0.609. The molecule has 3 fully saturated rings. The molecule has 11 heteroatoms. The number of carbonyl (C=O) groups excluding carboxylic acids is 1. The summed E-state index contributed by atoms with van der Waals surface area (Å²) in [7, 11) is 1.61. The SMILES string of the molecule is COc1cccc(-c2nnnn2C2COC3C(NC(=O)CC4(CC(=O)O)CCCC4)COC32)c1. The van der Waals surface area contributed by atoms with Gasteiger partial charge < -0.3 is 24.6 Å². The number of tetrazole rings is 1. The maximum Gasteiger partial charge on any atom is 0.303 e. The van der Waals surface area contributed by atoms with Crippen molar-refractivity contribution in [3.63, 3.8) is 0 Å². The van der Waals surface area contributed by atoms with E-state index in [4.69, 9.17) is 14.2 Å². The number of aromatic nitrogens is 4. The number of nitrogens with zero attached hydrogens (tertiary/aromatic N) is 4. The fourth-order valence-corrected chi connectivity index (χ4v) is 5.64. The molecular weight excluding hydrogens is 442 g/mol. The average Bonchev–Trinajstić information content (AvgIpc) is 3.59. The summed E-state index contributed by atoms with van der Waals surface area (Å²) in [5, 5.41) is 24.6. The zero-order valence-electron chi connectivity index (χ0n) is 19.1. The van der Waals surface area contributed by atoms with Crippen molar-refractivity contribution in [2.24, 2.45) is 5.41 Å². The Morgan fingerprint density at radius 2 is 2.00 bits per heavy atom. The predicted octanol–water partition coefficient (Wildman–Crippen LogP) is 1.60. The molecule has 1 saturated carbocycles. The maximum absolute atomic E-state index is 12.9. The lowest BCUT2D eigenvalue weighted by Crippen LogP contribution is -2.45. The number of carboxylic acid groups (broad SMARTS) is 1. The first kappa shape index (κ1) is 22.7. The van der Waals surface area contributed by atoms with Gasteiger partial charge in [0.05, 0.1) is 32.8 Å². The van der Waals surface area contributed by atoms with E-state index in [-0.39, 0.29) is 43.0 Å². The Kier molecular flexibility index (Phi) is 6.22. The summed E-state index contributed by atoms with van der Waals surface area (Å²) in [6.45, 7) is 0.673. The minimum Gasteiger partial charge on any atom is -0.497 e. The summed E-state index contributed by atoms with van der Waals surface area (Å²) in [4.78, 5) is 24.2. The van der Waals surface area contributed by atoms with Crippen LogP contribution in [-0.2, 0) is 19.1 Å². The number of hydrogen-bond acceptors (Lipinski definition) is 8. The quantitative estimate of drug-likeness (QED) is 0.588. The van der Waals surface area contributed by atoms with E-state index in [1.807, 2.05) is 24.3 Å². The van der Waals surface area contributed by atoms with E-state index in [9.17, 15) is 14.7 Å². The van der Waals surface area contributed by atoms with E-state index in [1.165, 1.54) is 0 Å². The molecule has 4 unspecified atom stereocenters. The van der Waals surface area contributed by atoms with Crippen LogP contribution < -0.4 is 10.1 Å². The zero-order chi connectivity index (χ0) is 23.7. The first-order chi connectivity index (χ1) is 16.5. The molecule has 4 atom stereocenters. The molecule has 1 aromatic heterocycles. The Morgan fingerprint density at radius 1 is 1.21 bits per heavy atom. The second-order valence-electron chi connectivity index (χ2n) is 9.47. The number of amides is 1. The standard InChI is InChI=1S/C23H29N5O6/c1-32-15-6-4-5-14(9-15)22-25-26-27-28(22)17-13-34-20-16(12-33-21(17)20)24-18(29)10-23(11-19(30)31)7-2-3-8-23/h4-6,9,16-17,20-21H,2-3,7-8,10-13H2,1H3,(H,24,29)(H,30,31). The Bertz CT molecular complexity index is 1050. The van der Waals surface area contributed by atoms with Crippen LogP contribution in [0.4, 0.5) is 0 Å². The van der Waals surface area contributed by atoms with Crippen LogP contribution in [0, 0.1) is 5.41 Å². The number of methoxy groups -OCH3 is 1. The normalized spacial score (nSPS) is 27.4. The third-order valence-electron chi connectivity index (χ3n) is 7.23. The molecule has 182 valence electrons. The Hall–Kier alpha value is -3.05. The van der Waals surface area contributed by atoms with Crippen LogP contribution in [-0.4, -0.2) is 75.8 Å². The van der Waals surface area contributed by atoms with Crippen molar-refractivity contribution in [1.29, 1.82) is 0 Å². The van der Waals surface area contributed by atoms with E-state index >= 15 is 0 Å². The van der Waals surface area contributed by atoms with Crippen LogP contribution in [0.2, 0.25) is 0 Å². The molecule has 1 aromatic carbocycles. The summed E-state index contributed by atoms with van der Waals surface area (Å²) in [5.74, 6) is 0.287. The van der Waals surface area contributed by atoms with Crippen LogP contribution in [0.5, 0.6) is 5.75 Å². The Balaban J connectivity index is 1.26. The van der Waals surface area contributed by atoms with Crippen LogP contribution in [0.25, 0.3) is 11.4 Å². The highest BCUT2D eigenvalue weighted by atomic mass is 16.6. The molecule has 2 N–H and O–H groups in total. The summed E-state index contributed by atoms with van der Waals surface area (Å²) >= 11 is 0. The number of rotatable bonds is 8. The van der Waals surface area contributed by atoms with E-state index in [0.717, 1.165) is 31.2 Å². The molecule has 1 aliphatic carbocycles. The fourth-order valence-electron chi connectivity index (χ4n) is 5.64. The number of ether oxygens (including phenoxy) is 3. The predicted molar refractivity (Wildman–Crippen MR) is 118 cm³/mol. The van der Waals surface area contributed by atoms with Gasteiger partial charge >= 0.3 is 5.97 Å². The van der Waals surface area contributed by atoms with E-state index < -0.39 is 11.4 Å². The average molecular weight is 472 g/mol. The third kappa shape index (κ3) is 4.37. The van der Waals surface area contributed by atoms with Crippen LogP contribution >= 0.6 is 0 Å². The number of nitrogens with one attached hydrogen (secondary N) is 1. The third-order valence-corrected chi connectivity index (χ3v) is 7.23. The van der Waals surface area contributed by atoms with Gasteiger partial charge in [-0.3, -0.25) is 9.59 Å². The lowest BCUT2D eigenvalue weighted by molar-refractivity contribution is -0.140. The summed E-state index contributed by atoms with van der Waals surface area (Å²) in [6, 6.07) is 6.96. The van der Waals surface area contributed by atoms with Gasteiger partial charge in [0, 0.05) is 12.0 Å². The maximum atomic E-state index is 12.9. The molecular formula is C23H29N5O6. The number of fused-ring (bicyclic) bond motifs is 1. The smallest absolute Gasteiger partial charge is 0.303 e. The molecule has 1 amide bonds. The van der Waals surface area contributed by atoms with E-state index in [0.29, 0.717) is 24.8 Å². The van der Waals surface area contributed by atoms with Crippen molar-refractivity contribution in [2.45, 2.75) is 62.8 Å². The van der Waals surface area contributed by atoms with Gasteiger partial charge in [-0.05, 0) is 40.8 Å². The highest BCUT2D eigenvalue weighted by Crippen LogP contribution is 2.44. The first-order valence-corrected chi connectivity index (χ1v) is 11.6. The lowest BCUT2D eigenvalue weighted by Gasteiger charge is -2.27. The van der Waals surface area contributed by atoms with Crippen LogP contribution in [0.3, 0.4) is 0 Å². The van der Waals surface area contributed by atoms with Crippen LogP contribution in [0.15, 0.2) is 24.3 Å². The first-order valence-electron chi connectivity index (χ1n) is 11.6. The Morgan fingerprint density at radius 3 is 2.76 bits per heavy atom. The van der Waals surface area contributed by atoms with Gasteiger partial charge in [0.1, 0.15) is 24.0 Å². The zero-order valence-corrected chi connectivity index (χ0v) is 19.1. The van der Waals surface area contributed by atoms with Gasteiger partial charge in [-0.2, -0.15) is 0 Å². The summed E-state index contributed by atoms with van der Waals surface area (Å²) < 4.78 is 19.1. The molecule has 34 heavy (non-hydrogen) atoms. The van der Waals surface area contributed by atoms with E-state index in [2.05, 4.69) is 20.8 Å². The van der Waals surface area contributed by atoms with Gasteiger partial charge in [0.15, 0.2) is 5.82 Å². The summed E-state index contributed by atoms with van der Waals surface area (Å²) in [6.07, 6.45) is 3.07. The number of aliphatic carboxylic acids is 1. The van der Waals surface area contributed by atoms with Crippen molar-refractivity contribution >= 4 is 11.9 Å². The molecule has 0 bridgehead atoms. The number of hydrogen-bond donors (Lipinski definition) is 2. The number of carboxylic acids is 1. The lowest BCUT2D eigenvalue weighted by atomic mass is 9.79. The van der Waals surface area contributed by atoms with Crippen molar-refractivity contribution in [3.05, 3.63) is 24.3 Å². The Labute approximate surface area is 196 Å². The molecule has 0 radical (unpaired) electrons. The monoisotopic (exact) mass is 471 g/mol. The number of carbonyl (C=O) groups is 2. The molecule has 3 aliphatic rings. The van der Waals surface area contributed by atoms with Crippen molar-refractivity contribution < 1.29 is 28.9 Å². The second kappa shape index (κ2) is 9.30.